The van der Waals surface area contributed by atoms with Gasteiger partial charge in [0.25, 0.3) is 0 Å². The van der Waals surface area contributed by atoms with Crippen molar-refractivity contribution in [2.75, 3.05) is 0 Å². The molecule has 0 amide bonds. The zero-order valence-corrected chi connectivity index (χ0v) is 12.1. The number of rotatable bonds is 4. The Bertz CT molecular complexity index is 320. The Labute approximate surface area is 110 Å². The fraction of sp³-hybridized carbons (Fsp3) is 0.733. The van der Waals surface area contributed by atoms with Crippen molar-refractivity contribution in [2.45, 2.75) is 58.5 Å². The molecule has 96 valence electrons. The molecular formula is C15H25NS. The average Bonchev–Trinajstić information content (AvgIpc) is 2.77. The summed E-state index contributed by atoms with van der Waals surface area (Å²) in [6.45, 7) is 7.14. The Kier molecular flexibility index (Phi) is 4.63. The van der Waals surface area contributed by atoms with Crippen molar-refractivity contribution in [2.24, 2.45) is 11.8 Å². The van der Waals surface area contributed by atoms with Gasteiger partial charge in [0.2, 0.25) is 0 Å². The third kappa shape index (κ3) is 3.56. The predicted octanol–water partition coefficient (Wildman–Crippen LogP) is 4.09. The molecule has 4 atom stereocenters. The van der Waals surface area contributed by atoms with Crippen LogP contribution in [0.4, 0.5) is 0 Å². The van der Waals surface area contributed by atoms with Crippen molar-refractivity contribution in [1.82, 2.24) is 5.32 Å². The van der Waals surface area contributed by atoms with Gasteiger partial charge in [-0.2, -0.15) is 11.3 Å². The summed E-state index contributed by atoms with van der Waals surface area (Å²) in [6, 6.07) is 3.57. The summed E-state index contributed by atoms with van der Waals surface area (Å²) in [6.07, 6.45) is 5.34. The van der Waals surface area contributed by atoms with Crippen LogP contribution in [0, 0.1) is 11.8 Å². The van der Waals surface area contributed by atoms with E-state index in [1.165, 1.54) is 31.2 Å². The molecule has 1 N–H and O–H groups in total. The zero-order chi connectivity index (χ0) is 12.3. The van der Waals surface area contributed by atoms with Crippen molar-refractivity contribution in [1.29, 1.82) is 0 Å². The van der Waals surface area contributed by atoms with E-state index in [-0.39, 0.29) is 0 Å². The molecule has 0 spiro atoms. The number of thiophene rings is 1. The van der Waals surface area contributed by atoms with E-state index in [9.17, 15) is 0 Å². The molecule has 0 saturated heterocycles. The van der Waals surface area contributed by atoms with Crippen molar-refractivity contribution in [3.63, 3.8) is 0 Å². The monoisotopic (exact) mass is 251 g/mol. The fourth-order valence-corrected chi connectivity index (χ4v) is 3.69. The van der Waals surface area contributed by atoms with Crippen LogP contribution in [-0.4, -0.2) is 12.1 Å². The topological polar surface area (TPSA) is 12.0 Å². The molecule has 1 aliphatic rings. The van der Waals surface area contributed by atoms with Crippen LogP contribution in [0.25, 0.3) is 0 Å². The second-order valence-electron chi connectivity index (χ2n) is 5.78. The van der Waals surface area contributed by atoms with Crippen molar-refractivity contribution in [3.05, 3.63) is 22.4 Å². The molecule has 1 saturated carbocycles. The van der Waals surface area contributed by atoms with E-state index >= 15 is 0 Å². The molecule has 0 aromatic carbocycles. The minimum Gasteiger partial charge on any atom is -0.311 e. The maximum atomic E-state index is 3.84. The zero-order valence-electron chi connectivity index (χ0n) is 11.3. The van der Waals surface area contributed by atoms with E-state index in [0.717, 1.165) is 17.9 Å². The van der Waals surface area contributed by atoms with Crippen molar-refractivity contribution >= 4 is 11.3 Å². The van der Waals surface area contributed by atoms with Crippen LogP contribution in [0.3, 0.4) is 0 Å². The first-order valence-electron chi connectivity index (χ1n) is 6.94. The highest BCUT2D eigenvalue weighted by Gasteiger charge is 2.27. The predicted molar refractivity (Wildman–Crippen MR) is 76.6 cm³/mol. The maximum absolute atomic E-state index is 3.84. The van der Waals surface area contributed by atoms with Crippen LogP contribution < -0.4 is 5.32 Å². The highest BCUT2D eigenvalue weighted by atomic mass is 32.1. The summed E-state index contributed by atoms with van der Waals surface area (Å²) >= 11 is 1.80. The maximum Gasteiger partial charge on any atom is 0.00978 e. The molecule has 1 aliphatic carbocycles. The molecule has 1 fully saturated rings. The minimum atomic E-state index is 0.599. The Morgan fingerprint density at radius 2 is 2.24 bits per heavy atom. The Morgan fingerprint density at radius 3 is 2.94 bits per heavy atom. The Hall–Kier alpha value is -0.340. The van der Waals surface area contributed by atoms with E-state index < -0.39 is 0 Å². The smallest absolute Gasteiger partial charge is 0.00978 e. The van der Waals surface area contributed by atoms with E-state index in [0.29, 0.717) is 6.04 Å². The lowest BCUT2D eigenvalue weighted by atomic mass is 9.78. The molecule has 1 aromatic heterocycles. The Morgan fingerprint density at radius 1 is 1.41 bits per heavy atom. The summed E-state index contributed by atoms with van der Waals surface area (Å²) in [5.74, 6) is 1.71. The van der Waals surface area contributed by atoms with E-state index in [1.807, 2.05) is 0 Å². The van der Waals surface area contributed by atoms with Gasteiger partial charge in [0.1, 0.15) is 0 Å². The van der Waals surface area contributed by atoms with Gasteiger partial charge in [0, 0.05) is 12.1 Å². The van der Waals surface area contributed by atoms with Gasteiger partial charge in [-0.05, 0) is 54.0 Å². The van der Waals surface area contributed by atoms with Crippen LogP contribution in [0.1, 0.15) is 45.6 Å². The standard InChI is InChI=1S/C15H25NS/c1-11-5-4-6-15(13(11)3)16-12(2)9-14-7-8-17-10-14/h7-8,10-13,15-16H,4-6,9H2,1-3H3. The first-order chi connectivity index (χ1) is 8.16. The van der Waals surface area contributed by atoms with Gasteiger partial charge in [-0.3, -0.25) is 0 Å². The fourth-order valence-electron chi connectivity index (χ4n) is 3.00. The first-order valence-corrected chi connectivity index (χ1v) is 7.88. The third-order valence-electron chi connectivity index (χ3n) is 4.33. The molecule has 1 nitrogen and oxygen atoms in total. The second kappa shape index (κ2) is 6.01. The van der Waals surface area contributed by atoms with E-state index in [4.69, 9.17) is 0 Å². The van der Waals surface area contributed by atoms with Crippen molar-refractivity contribution < 1.29 is 0 Å². The average molecular weight is 251 g/mol. The highest BCUT2D eigenvalue weighted by molar-refractivity contribution is 7.07. The van der Waals surface area contributed by atoms with Crippen LogP contribution in [0.5, 0.6) is 0 Å². The summed E-state index contributed by atoms with van der Waals surface area (Å²) in [7, 11) is 0. The SMILES string of the molecule is CC(Cc1ccsc1)NC1CCCC(C)C1C. The first kappa shape index (κ1) is 13.1. The highest BCUT2D eigenvalue weighted by Crippen LogP contribution is 2.29. The largest absolute Gasteiger partial charge is 0.311 e. The van der Waals surface area contributed by atoms with Crippen molar-refractivity contribution in [3.8, 4) is 0 Å². The molecule has 0 bridgehead atoms. The summed E-state index contributed by atoms with van der Waals surface area (Å²) in [4.78, 5) is 0. The number of hydrogen-bond acceptors (Lipinski definition) is 2. The molecule has 2 rings (SSSR count). The Balaban J connectivity index is 1.83. The molecule has 1 heterocycles. The normalized spacial score (nSPS) is 31.4. The summed E-state index contributed by atoms with van der Waals surface area (Å²) in [5.41, 5.74) is 1.48. The van der Waals surface area contributed by atoms with Gasteiger partial charge in [-0.25, -0.2) is 0 Å². The van der Waals surface area contributed by atoms with Gasteiger partial charge in [0.05, 0.1) is 0 Å². The molecule has 0 aliphatic heterocycles. The molecule has 2 heteroatoms. The molecule has 17 heavy (non-hydrogen) atoms. The summed E-state index contributed by atoms with van der Waals surface area (Å²) in [5, 5.41) is 8.28. The van der Waals surface area contributed by atoms with Gasteiger partial charge in [0.15, 0.2) is 0 Å². The van der Waals surface area contributed by atoms with Gasteiger partial charge < -0.3 is 5.32 Å². The van der Waals surface area contributed by atoms with Gasteiger partial charge in [-0.1, -0.05) is 26.7 Å². The van der Waals surface area contributed by atoms with Crippen LogP contribution in [0.2, 0.25) is 0 Å². The van der Waals surface area contributed by atoms with E-state index in [2.05, 4.69) is 42.9 Å². The lowest BCUT2D eigenvalue weighted by Gasteiger charge is -2.36. The van der Waals surface area contributed by atoms with E-state index in [1.54, 1.807) is 11.3 Å². The van der Waals surface area contributed by atoms with Gasteiger partial charge in [-0.15, -0.1) is 0 Å². The number of nitrogens with one attached hydrogen (secondary N) is 1. The van der Waals surface area contributed by atoms with Gasteiger partial charge >= 0.3 is 0 Å². The lowest BCUT2D eigenvalue weighted by molar-refractivity contribution is 0.196. The third-order valence-corrected chi connectivity index (χ3v) is 5.06. The van der Waals surface area contributed by atoms with Crippen LogP contribution >= 0.6 is 11.3 Å². The van der Waals surface area contributed by atoms with Crippen LogP contribution in [0.15, 0.2) is 16.8 Å². The molecule has 0 radical (unpaired) electrons. The minimum absolute atomic E-state index is 0.599. The number of hydrogen-bond donors (Lipinski definition) is 1. The molecule has 4 unspecified atom stereocenters. The lowest BCUT2D eigenvalue weighted by Crippen LogP contribution is -2.45. The van der Waals surface area contributed by atoms with Crippen LogP contribution in [-0.2, 0) is 6.42 Å². The molecule has 1 aromatic rings. The molecular weight excluding hydrogens is 226 g/mol. The summed E-state index contributed by atoms with van der Waals surface area (Å²) < 4.78 is 0. The quantitative estimate of drug-likeness (QED) is 0.850. The second-order valence-corrected chi connectivity index (χ2v) is 6.56.